The average Bonchev–Trinajstić information content (AvgIpc) is 2.60. The Morgan fingerprint density at radius 1 is 1.62 bits per heavy atom. The van der Waals surface area contributed by atoms with Gasteiger partial charge >= 0.3 is 0 Å². The van der Waals surface area contributed by atoms with Crippen LogP contribution >= 0.6 is 12.6 Å². The fraction of sp³-hybridized carbons (Fsp3) is 0.800. The van der Waals surface area contributed by atoms with Gasteiger partial charge in [0.05, 0.1) is 5.60 Å². The highest BCUT2D eigenvalue weighted by Crippen LogP contribution is 2.66. The number of allylic oxidation sites excluding steroid dienone is 1. The quantitative estimate of drug-likeness (QED) is 0.359. The Kier molecular flexibility index (Phi) is 0.974. The van der Waals surface area contributed by atoms with Gasteiger partial charge < -0.3 is 9.47 Å². The summed E-state index contributed by atoms with van der Waals surface area (Å²) < 4.78 is 11.5. The summed E-state index contributed by atoms with van der Waals surface area (Å²) in [6.45, 7) is 2.96. The van der Waals surface area contributed by atoms with Crippen LogP contribution in [0.25, 0.3) is 0 Å². The molecule has 4 rings (SSSR count). The maximum atomic E-state index is 6.07. The average molecular weight is 196 g/mol. The maximum absolute atomic E-state index is 6.07. The highest BCUT2D eigenvalue weighted by Gasteiger charge is 2.72. The molecule has 1 saturated carbocycles. The van der Waals surface area contributed by atoms with E-state index in [-0.39, 0.29) is 11.4 Å². The summed E-state index contributed by atoms with van der Waals surface area (Å²) in [5.41, 5.74) is 1.37. The monoisotopic (exact) mass is 196 g/mol. The van der Waals surface area contributed by atoms with E-state index in [0.29, 0.717) is 17.1 Å². The number of fused-ring (bicyclic) bond motifs is 2. The third-order valence-corrected chi connectivity index (χ3v) is 5.09. The number of ether oxygens (including phenoxy) is 2. The summed E-state index contributed by atoms with van der Waals surface area (Å²) in [4.78, 5) is 0. The summed E-state index contributed by atoms with van der Waals surface area (Å²) in [5, 5.41) is 0.366. The van der Waals surface area contributed by atoms with Crippen molar-refractivity contribution in [2.45, 2.75) is 30.0 Å². The van der Waals surface area contributed by atoms with Crippen LogP contribution in [0.15, 0.2) is 11.6 Å². The van der Waals surface area contributed by atoms with E-state index in [1.807, 2.05) is 0 Å². The molecule has 13 heavy (non-hydrogen) atoms. The molecule has 5 atom stereocenters. The SMILES string of the molecule is CC12OC3(CO3)C3=CC(CC31)C2S. The molecular formula is C10H12O2S. The van der Waals surface area contributed by atoms with Crippen LogP contribution < -0.4 is 0 Å². The van der Waals surface area contributed by atoms with Gasteiger partial charge in [0.1, 0.15) is 6.61 Å². The van der Waals surface area contributed by atoms with Crippen molar-refractivity contribution >= 4 is 12.6 Å². The minimum absolute atomic E-state index is 0.0473. The molecule has 3 heteroatoms. The molecule has 70 valence electrons. The Hall–Kier alpha value is 0.01000. The van der Waals surface area contributed by atoms with Gasteiger partial charge in [-0.15, -0.1) is 0 Å². The molecule has 5 unspecified atom stereocenters. The van der Waals surface area contributed by atoms with Crippen LogP contribution in [-0.2, 0) is 9.47 Å². The lowest BCUT2D eigenvalue weighted by Gasteiger charge is -2.29. The highest BCUT2D eigenvalue weighted by atomic mass is 32.1. The predicted octanol–water partition coefficient (Wildman–Crippen LogP) is 1.38. The molecular weight excluding hydrogens is 184 g/mol. The summed E-state index contributed by atoms with van der Waals surface area (Å²) in [5.74, 6) is 0.922. The first-order valence-corrected chi connectivity index (χ1v) is 5.42. The normalized spacial score (nSPS) is 66.3. The van der Waals surface area contributed by atoms with E-state index >= 15 is 0 Å². The first kappa shape index (κ1) is 7.32. The van der Waals surface area contributed by atoms with Gasteiger partial charge in [0.2, 0.25) is 5.79 Å². The summed E-state index contributed by atoms with van der Waals surface area (Å²) in [7, 11) is 0. The second-order valence-electron chi connectivity index (χ2n) is 4.85. The van der Waals surface area contributed by atoms with Crippen molar-refractivity contribution in [1.82, 2.24) is 0 Å². The van der Waals surface area contributed by atoms with Gasteiger partial charge in [-0.2, -0.15) is 12.6 Å². The summed E-state index contributed by atoms with van der Waals surface area (Å²) >= 11 is 4.67. The Balaban J connectivity index is 1.94. The Bertz CT molecular complexity index is 334. The second-order valence-corrected chi connectivity index (χ2v) is 5.40. The Morgan fingerprint density at radius 2 is 2.38 bits per heavy atom. The van der Waals surface area contributed by atoms with Gasteiger partial charge in [0.25, 0.3) is 0 Å². The van der Waals surface area contributed by atoms with E-state index in [9.17, 15) is 0 Å². The topological polar surface area (TPSA) is 21.8 Å². The Labute approximate surface area is 82.7 Å². The van der Waals surface area contributed by atoms with E-state index in [4.69, 9.17) is 9.47 Å². The number of hydrogen-bond acceptors (Lipinski definition) is 3. The van der Waals surface area contributed by atoms with Gasteiger partial charge in [-0.3, -0.25) is 0 Å². The van der Waals surface area contributed by atoms with Crippen molar-refractivity contribution in [3.8, 4) is 0 Å². The lowest BCUT2D eigenvalue weighted by molar-refractivity contribution is -0.0846. The van der Waals surface area contributed by atoms with Crippen molar-refractivity contribution < 1.29 is 9.47 Å². The smallest absolute Gasteiger partial charge is 0.216 e. The van der Waals surface area contributed by atoms with Crippen LogP contribution in [-0.4, -0.2) is 23.2 Å². The van der Waals surface area contributed by atoms with E-state index in [1.54, 1.807) is 0 Å². The number of hydrogen-bond donors (Lipinski definition) is 1. The standard InChI is InChI=1S/C10H12O2S/c1-9-6-2-5(8(9)13)3-7(6)10(12-9)4-11-10/h3,5-6,8,13H,2,4H2,1H3. The molecule has 0 amide bonds. The highest BCUT2D eigenvalue weighted by molar-refractivity contribution is 7.81. The predicted molar refractivity (Wildman–Crippen MR) is 50.6 cm³/mol. The van der Waals surface area contributed by atoms with Crippen LogP contribution in [0.3, 0.4) is 0 Å². The lowest BCUT2D eigenvalue weighted by atomic mass is 9.86. The molecule has 0 N–H and O–H groups in total. The molecule has 2 aliphatic heterocycles. The third kappa shape index (κ3) is 0.594. The van der Waals surface area contributed by atoms with Crippen LogP contribution in [0.4, 0.5) is 0 Å². The number of rotatable bonds is 0. The van der Waals surface area contributed by atoms with Gasteiger partial charge in [-0.05, 0) is 24.8 Å². The minimum Gasteiger partial charge on any atom is -0.338 e. The van der Waals surface area contributed by atoms with E-state index in [1.165, 1.54) is 12.0 Å². The van der Waals surface area contributed by atoms with Gasteiger partial charge in [0, 0.05) is 11.2 Å². The third-order valence-electron chi connectivity index (χ3n) is 4.19. The molecule has 2 bridgehead atoms. The zero-order valence-electron chi connectivity index (χ0n) is 7.49. The molecule has 2 aliphatic carbocycles. The largest absolute Gasteiger partial charge is 0.338 e. The van der Waals surface area contributed by atoms with Crippen LogP contribution in [0, 0.1) is 11.8 Å². The van der Waals surface area contributed by atoms with E-state index in [2.05, 4.69) is 25.6 Å². The molecule has 0 aromatic rings. The molecule has 2 heterocycles. The Morgan fingerprint density at radius 3 is 2.92 bits per heavy atom. The van der Waals surface area contributed by atoms with Gasteiger partial charge in [-0.25, -0.2) is 0 Å². The zero-order chi connectivity index (χ0) is 8.84. The lowest BCUT2D eigenvalue weighted by Crippen LogP contribution is -2.38. The van der Waals surface area contributed by atoms with E-state index < -0.39 is 0 Å². The fourth-order valence-corrected chi connectivity index (χ4v) is 3.88. The summed E-state index contributed by atoms with van der Waals surface area (Å²) in [6, 6.07) is 0. The van der Waals surface area contributed by atoms with Crippen molar-refractivity contribution in [3.05, 3.63) is 11.6 Å². The number of epoxide rings is 1. The number of thiol groups is 1. The fourth-order valence-electron chi connectivity index (χ4n) is 3.44. The van der Waals surface area contributed by atoms with Crippen molar-refractivity contribution in [1.29, 1.82) is 0 Å². The van der Waals surface area contributed by atoms with Crippen molar-refractivity contribution in [3.63, 3.8) is 0 Å². The molecule has 0 radical (unpaired) electrons. The summed E-state index contributed by atoms with van der Waals surface area (Å²) in [6.07, 6.45) is 3.58. The first-order valence-electron chi connectivity index (χ1n) is 4.90. The molecule has 0 aromatic carbocycles. The van der Waals surface area contributed by atoms with Crippen molar-refractivity contribution in [2.24, 2.45) is 11.8 Å². The van der Waals surface area contributed by atoms with Crippen LogP contribution in [0.5, 0.6) is 0 Å². The van der Waals surface area contributed by atoms with Crippen LogP contribution in [0.2, 0.25) is 0 Å². The van der Waals surface area contributed by atoms with Crippen LogP contribution in [0.1, 0.15) is 13.3 Å². The molecule has 2 saturated heterocycles. The molecule has 2 nitrogen and oxygen atoms in total. The zero-order valence-corrected chi connectivity index (χ0v) is 8.38. The van der Waals surface area contributed by atoms with Gasteiger partial charge in [-0.1, -0.05) is 6.08 Å². The van der Waals surface area contributed by atoms with Gasteiger partial charge in [0.15, 0.2) is 0 Å². The second kappa shape index (κ2) is 1.73. The first-order chi connectivity index (χ1) is 6.16. The molecule has 3 fully saturated rings. The minimum atomic E-state index is -0.286. The maximum Gasteiger partial charge on any atom is 0.216 e. The van der Waals surface area contributed by atoms with Crippen molar-refractivity contribution in [2.75, 3.05) is 6.61 Å². The molecule has 4 aliphatic rings. The molecule has 0 aromatic heterocycles. The molecule has 1 spiro atoms. The van der Waals surface area contributed by atoms with E-state index in [0.717, 1.165) is 6.61 Å².